The molecule has 4 nitrogen and oxygen atoms in total. The lowest BCUT2D eigenvalue weighted by atomic mass is 10.1. The molecule has 1 amide bonds. The monoisotopic (exact) mass is 351 g/mol. The summed E-state index contributed by atoms with van der Waals surface area (Å²) in [5.41, 5.74) is 1.86. The van der Waals surface area contributed by atoms with Crippen molar-refractivity contribution in [1.82, 2.24) is 0 Å². The van der Waals surface area contributed by atoms with Crippen molar-refractivity contribution in [1.29, 1.82) is 0 Å². The van der Waals surface area contributed by atoms with Crippen molar-refractivity contribution in [2.75, 3.05) is 5.32 Å². The Morgan fingerprint density at radius 2 is 1.73 bits per heavy atom. The number of carbonyl (C=O) groups excluding carboxylic acids is 1. The molecule has 3 aromatic carbocycles. The van der Waals surface area contributed by atoms with Gasteiger partial charge in [-0.25, -0.2) is 4.39 Å². The molecule has 0 aliphatic carbocycles. The lowest BCUT2D eigenvalue weighted by Gasteiger charge is -2.13. The Hall–Kier alpha value is -3.18. The maximum Gasteiger partial charge on any atom is 0.257 e. The van der Waals surface area contributed by atoms with Crippen molar-refractivity contribution in [3.05, 3.63) is 95.8 Å². The fourth-order valence-corrected chi connectivity index (χ4v) is 2.41. The van der Waals surface area contributed by atoms with Gasteiger partial charge in [0.15, 0.2) is 6.10 Å². The van der Waals surface area contributed by atoms with Crippen LogP contribution < -0.4 is 10.1 Å². The van der Waals surface area contributed by atoms with E-state index in [1.54, 1.807) is 24.3 Å². The van der Waals surface area contributed by atoms with Crippen LogP contribution in [0.25, 0.3) is 0 Å². The lowest BCUT2D eigenvalue weighted by Crippen LogP contribution is -2.20. The van der Waals surface area contributed by atoms with Gasteiger partial charge in [0.1, 0.15) is 18.2 Å². The molecule has 1 atom stereocenters. The van der Waals surface area contributed by atoms with E-state index in [1.807, 2.05) is 30.3 Å². The second-order valence-electron chi connectivity index (χ2n) is 5.75. The number of ether oxygens (including phenoxy) is 1. The summed E-state index contributed by atoms with van der Waals surface area (Å²) in [6.07, 6.45) is -1.38. The molecule has 0 fully saturated rings. The third-order valence-electron chi connectivity index (χ3n) is 3.78. The van der Waals surface area contributed by atoms with Gasteiger partial charge in [-0.1, -0.05) is 48.5 Å². The standard InChI is InChI=1S/C21H18FNO3/c22-17-11-9-16(10-12-17)20(24)21(25)23-18-7-4-8-19(13-18)26-14-15-5-2-1-3-6-15/h1-13,20,24H,14H2,(H,23,25). The highest BCUT2D eigenvalue weighted by molar-refractivity contribution is 5.94. The largest absolute Gasteiger partial charge is 0.489 e. The SMILES string of the molecule is O=C(Nc1cccc(OCc2ccccc2)c1)C(O)c1ccc(F)cc1. The first-order valence-electron chi connectivity index (χ1n) is 8.13. The molecular formula is C21H18FNO3. The number of amides is 1. The summed E-state index contributed by atoms with van der Waals surface area (Å²) >= 11 is 0. The molecule has 2 N–H and O–H groups in total. The van der Waals surface area contributed by atoms with E-state index < -0.39 is 17.8 Å². The van der Waals surface area contributed by atoms with Crippen LogP contribution in [0, 0.1) is 5.82 Å². The third kappa shape index (κ3) is 4.68. The Bertz CT molecular complexity index is 866. The summed E-state index contributed by atoms with van der Waals surface area (Å²) in [5.74, 6) is -0.427. The predicted molar refractivity (Wildman–Crippen MR) is 97.2 cm³/mol. The average Bonchev–Trinajstić information content (AvgIpc) is 2.67. The van der Waals surface area contributed by atoms with Crippen molar-refractivity contribution >= 4 is 11.6 Å². The van der Waals surface area contributed by atoms with Gasteiger partial charge in [-0.3, -0.25) is 4.79 Å². The highest BCUT2D eigenvalue weighted by Gasteiger charge is 2.17. The molecule has 3 rings (SSSR count). The first kappa shape index (κ1) is 17.6. The molecule has 0 saturated carbocycles. The fraction of sp³-hybridized carbons (Fsp3) is 0.0952. The Balaban J connectivity index is 1.62. The molecule has 0 heterocycles. The number of benzene rings is 3. The first-order valence-corrected chi connectivity index (χ1v) is 8.13. The molecular weight excluding hydrogens is 333 g/mol. The molecule has 0 radical (unpaired) electrons. The van der Waals surface area contributed by atoms with Crippen LogP contribution in [0.2, 0.25) is 0 Å². The van der Waals surface area contributed by atoms with Gasteiger partial charge in [-0.05, 0) is 35.4 Å². The van der Waals surface area contributed by atoms with Crippen LogP contribution in [0.1, 0.15) is 17.2 Å². The Morgan fingerprint density at radius 3 is 2.46 bits per heavy atom. The zero-order valence-electron chi connectivity index (χ0n) is 13.9. The van der Waals surface area contributed by atoms with E-state index in [-0.39, 0.29) is 0 Å². The lowest BCUT2D eigenvalue weighted by molar-refractivity contribution is -0.124. The number of hydrogen-bond donors (Lipinski definition) is 2. The second kappa shape index (κ2) is 8.27. The molecule has 5 heteroatoms. The topological polar surface area (TPSA) is 58.6 Å². The maximum atomic E-state index is 12.9. The van der Waals surface area contributed by atoms with Crippen LogP contribution in [-0.4, -0.2) is 11.0 Å². The minimum absolute atomic E-state index is 0.320. The van der Waals surface area contributed by atoms with Crippen LogP contribution >= 0.6 is 0 Å². The number of anilines is 1. The van der Waals surface area contributed by atoms with Gasteiger partial charge in [-0.15, -0.1) is 0 Å². The molecule has 0 bridgehead atoms. The van der Waals surface area contributed by atoms with Crippen LogP contribution in [0.5, 0.6) is 5.75 Å². The summed E-state index contributed by atoms with van der Waals surface area (Å²) in [6.45, 7) is 0.413. The second-order valence-corrected chi connectivity index (χ2v) is 5.75. The fourth-order valence-electron chi connectivity index (χ4n) is 2.41. The molecule has 26 heavy (non-hydrogen) atoms. The van der Waals surface area contributed by atoms with Crippen LogP contribution in [0.4, 0.5) is 10.1 Å². The molecule has 1 unspecified atom stereocenters. The number of hydrogen-bond acceptors (Lipinski definition) is 3. The smallest absolute Gasteiger partial charge is 0.257 e. The summed E-state index contributed by atoms with van der Waals surface area (Å²) in [5, 5.41) is 12.7. The van der Waals surface area contributed by atoms with Crippen molar-refractivity contribution in [2.24, 2.45) is 0 Å². The highest BCUT2D eigenvalue weighted by Crippen LogP contribution is 2.21. The minimum atomic E-state index is -1.38. The predicted octanol–water partition coefficient (Wildman–Crippen LogP) is 4.08. The quantitative estimate of drug-likeness (QED) is 0.704. The normalized spacial score (nSPS) is 11.6. The zero-order valence-corrected chi connectivity index (χ0v) is 13.9. The molecule has 0 spiro atoms. The van der Waals surface area contributed by atoms with Crippen molar-refractivity contribution in [2.45, 2.75) is 12.7 Å². The molecule has 3 aromatic rings. The van der Waals surface area contributed by atoms with Crippen molar-refractivity contribution in [3.63, 3.8) is 0 Å². The number of carbonyl (C=O) groups is 1. The Morgan fingerprint density at radius 1 is 1.00 bits per heavy atom. The van der Waals surface area contributed by atoms with E-state index in [0.717, 1.165) is 5.56 Å². The van der Waals surface area contributed by atoms with Crippen molar-refractivity contribution in [3.8, 4) is 5.75 Å². The highest BCUT2D eigenvalue weighted by atomic mass is 19.1. The van der Waals surface area contributed by atoms with E-state index in [1.165, 1.54) is 24.3 Å². The van der Waals surface area contributed by atoms with Gasteiger partial charge in [0.05, 0.1) is 0 Å². The average molecular weight is 351 g/mol. The molecule has 0 aliphatic rings. The van der Waals surface area contributed by atoms with E-state index in [0.29, 0.717) is 23.6 Å². The number of nitrogens with one attached hydrogen (secondary N) is 1. The summed E-state index contributed by atoms with van der Waals surface area (Å²) in [7, 11) is 0. The number of aliphatic hydroxyl groups is 1. The molecule has 0 aromatic heterocycles. The van der Waals surface area contributed by atoms with Gasteiger partial charge in [0, 0.05) is 11.8 Å². The number of aliphatic hydroxyl groups excluding tert-OH is 1. The minimum Gasteiger partial charge on any atom is -0.489 e. The number of rotatable bonds is 6. The first-order chi connectivity index (χ1) is 12.6. The molecule has 132 valence electrons. The van der Waals surface area contributed by atoms with Crippen LogP contribution in [-0.2, 0) is 11.4 Å². The van der Waals surface area contributed by atoms with Gasteiger partial charge < -0.3 is 15.2 Å². The molecule has 0 aliphatic heterocycles. The molecule has 0 saturated heterocycles. The van der Waals surface area contributed by atoms with Crippen molar-refractivity contribution < 1.29 is 19.0 Å². The van der Waals surface area contributed by atoms with E-state index in [9.17, 15) is 14.3 Å². The summed E-state index contributed by atoms with van der Waals surface area (Å²) < 4.78 is 18.7. The summed E-state index contributed by atoms with van der Waals surface area (Å²) in [4.78, 5) is 12.2. The van der Waals surface area contributed by atoms with E-state index >= 15 is 0 Å². The van der Waals surface area contributed by atoms with Gasteiger partial charge >= 0.3 is 0 Å². The zero-order chi connectivity index (χ0) is 18.4. The van der Waals surface area contributed by atoms with Gasteiger partial charge in [0.25, 0.3) is 5.91 Å². The van der Waals surface area contributed by atoms with E-state index in [4.69, 9.17) is 4.74 Å². The van der Waals surface area contributed by atoms with Gasteiger partial charge in [0.2, 0.25) is 0 Å². The Labute approximate surface area is 150 Å². The van der Waals surface area contributed by atoms with Crippen LogP contribution in [0.3, 0.4) is 0 Å². The van der Waals surface area contributed by atoms with Crippen LogP contribution in [0.15, 0.2) is 78.9 Å². The number of halogens is 1. The summed E-state index contributed by atoms with van der Waals surface area (Å²) in [6, 6.07) is 21.8. The third-order valence-corrected chi connectivity index (χ3v) is 3.78. The van der Waals surface area contributed by atoms with E-state index in [2.05, 4.69) is 5.32 Å². The Kier molecular flexibility index (Phi) is 5.61. The van der Waals surface area contributed by atoms with Gasteiger partial charge in [-0.2, -0.15) is 0 Å². The maximum absolute atomic E-state index is 12.9.